The molecule has 1 unspecified atom stereocenters. The SMILES string of the molecule is COCCn1nnnc1C1(N2CCCC2)CCN(C(=O)c2nccc3ccccc23)C1. The van der Waals surface area contributed by atoms with Gasteiger partial charge < -0.3 is 9.64 Å². The molecule has 0 bridgehead atoms. The summed E-state index contributed by atoms with van der Waals surface area (Å²) in [4.78, 5) is 22.4. The molecule has 2 aliphatic heterocycles. The Bertz CT molecular complexity index is 1070. The highest BCUT2D eigenvalue weighted by atomic mass is 16.5. The first-order valence-electron chi connectivity index (χ1n) is 10.9. The molecule has 0 aliphatic carbocycles. The summed E-state index contributed by atoms with van der Waals surface area (Å²) in [5, 5.41) is 14.5. The zero-order chi connectivity index (χ0) is 21.3. The predicted octanol–water partition coefficient (Wildman–Crippen LogP) is 1.70. The Balaban J connectivity index is 1.48. The van der Waals surface area contributed by atoms with Gasteiger partial charge in [-0.3, -0.25) is 14.7 Å². The minimum atomic E-state index is -0.381. The van der Waals surface area contributed by atoms with Crippen LogP contribution in [0.2, 0.25) is 0 Å². The summed E-state index contributed by atoms with van der Waals surface area (Å²) in [6.45, 7) is 4.32. The second kappa shape index (κ2) is 8.32. The fourth-order valence-electron chi connectivity index (χ4n) is 5.00. The minimum absolute atomic E-state index is 0.0335. The van der Waals surface area contributed by atoms with E-state index in [1.807, 2.05) is 39.9 Å². The lowest BCUT2D eigenvalue weighted by atomic mass is 9.95. The van der Waals surface area contributed by atoms with Crippen LogP contribution in [-0.4, -0.2) is 80.8 Å². The van der Waals surface area contributed by atoms with E-state index in [-0.39, 0.29) is 11.4 Å². The molecule has 1 aromatic carbocycles. The molecule has 0 saturated carbocycles. The zero-order valence-electron chi connectivity index (χ0n) is 17.8. The molecule has 31 heavy (non-hydrogen) atoms. The van der Waals surface area contributed by atoms with Crippen molar-refractivity contribution in [3.63, 3.8) is 0 Å². The second-order valence-electron chi connectivity index (χ2n) is 8.30. The Morgan fingerprint density at radius 3 is 2.84 bits per heavy atom. The summed E-state index contributed by atoms with van der Waals surface area (Å²) in [6, 6.07) is 9.84. The van der Waals surface area contributed by atoms with E-state index >= 15 is 0 Å². The topological polar surface area (TPSA) is 89.3 Å². The third kappa shape index (κ3) is 3.47. The van der Waals surface area contributed by atoms with Crippen LogP contribution in [0.5, 0.6) is 0 Å². The maximum absolute atomic E-state index is 13.6. The average Bonchev–Trinajstić information content (AvgIpc) is 3.57. The van der Waals surface area contributed by atoms with Crippen LogP contribution in [-0.2, 0) is 16.8 Å². The lowest BCUT2D eigenvalue weighted by Gasteiger charge is -2.37. The largest absolute Gasteiger partial charge is 0.383 e. The molecule has 2 aromatic heterocycles. The molecule has 2 aliphatic rings. The van der Waals surface area contributed by atoms with E-state index in [0.717, 1.165) is 48.9 Å². The molecule has 0 N–H and O–H groups in total. The van der Waals surface area contributed by atoms with Gasteiger partial charge in [-0.15, -0.1) is 5.10 Å². The maximum Gasteiger partial charge on any atom is 0.273 e. The van der Waals surface area contributed by atoms with Crippen LogP contribution < -0.4 is 0 Å². The van der Waals surface area contributed by atoms with Crippen molar-refractivity contribution >= 4 is 16.7 Å². The number of aromatic nitrogens is 5. The first-order chi connectivity index (χ1) is 15.2. The molecule has 0 spiro atoms. The number of likely N-dealkylation sites (tertiary alicyclic amines) is 2. The van der Waals surface area contributed by atoms with Gasteiger partial charge in [0.1, 0.15) is 11.2 Å². The van der Waals surface area contributed by atoms with Crippen molar-refractivity contribution in [3.8, 4) is 0 Å². The zero-order valence-corrected chi connectivity index (χ0v) is 17.8. The third-order valence-corrected chi connectivity index (χ3v) is 6.58. The number of tetrazole rings is 1. The van der Waals surface area contributed by atoms with Crippen molar-refractivity contribution in [3.05, 3.63) is 48.0 Å². The van der Waals surface area contributed by atoms with Crippen LogP contribution in [0.15, 0.2) is 36.5 Å². The van der Waals surface area contributed by atoms with E-state index in [0.29, 0.717) is 31.9 Å². The molecular formula is C22H27N7O2. The van der Waals surface area contributed by atoms with Gasteiger partial charge in [0.05, 0.1) is 13.2 Å². The summed E-state index contributed by atoms with van der Waals surface area (Å²) in [5.41, 5.74) is 0.128. The Morgan fingerprint density at radius 2 is 2.00 bits per heavy atom. The number of benzene rings is 1. The van der Waals surface area contributed by atoms with E-state index in [1.165, 1.54) is 0 Å². The maximum atomic E-state index is 13.6. The summed E-state index contributed by atoms with van der Waals surface area (Å²) >= 11 is 0. The van der Waals surface area contributed by atoms with Gasteiger partial charge in [-0.05, 0) is 54.2 Å². The van der Waals surface area contributed by atoms with Crippen LogP contribution in [0.3, 0.4) is 0 Å². The quantitative estimate of drug-likeness (QED) is 0.598. The number of carbonyl (C=O) groups excluding carboxylic acids is 1. The van der Waals surface area contributed by atoms with E-state index in [9.17, 15) is 4.79 Å². The van der Waals surface area contributed by atoms with Gasteiger partial charge in [-0.2, -0.15) is 0 Å². The van der Waals surface area contributed by atoms with Gasteiger partial charge in [0.15, 0.2) is 5.82 Å². The number of carbonyl (C=O) groups is 1. The Kier molecular flexibility index (Phi) is 5.37. The fraction of sp³-hybridized carbons (Fsp3) is 0.500. The fourth-order valence-corrected chi connectivity index (χ4v) is 5.00. The Labute approximate surface area is 181 Å². The molecule has 0 radical (unpaired) electrons. The lowest BCUT2D eigenvalue weighted by Crippen LogP contribution is -2.49. The van der Waals surface area contributed by atoms with Gasteiger partial charge >= 0.3 is 0 Å². The van der Waals surface area contributed by atoms with Crippen LogP contribution in [0.4, 0.5) is 0 Å². The third-order valence-electron chi connectivity index (χ3n) is 6.58. The predicted molar refractivity (Wildman–Crippen MR) is 114 cm³/mol. The second-order valence-corrected chi connectivity index (χ2v) is 8.30. The average molecular weight is 422 g/mol. The standard InChI is InChI=1S/C22H27N7O2/c1-31-15-14-29-21(24-25-26-29)22(28-11-4-5-12-28)9-13-27(16-22)20(30)19-18-7-3-2-6-17(18)8-10-23-19/h2-3,6-8,10H,4-5,9,11-16H2,1H3. The molecule has 2 fully saturated rings. The number of ether oxygens (including phenoxy) is 1. The van der Waals surface area contributed by atoms with Crippen LogP contribution >= 0.6 is 0 Å². The van der Waals surface area contributed by atoms with Crippen molar-refractivity contribution in [1.82, 2.24) is 35.0 Å². The van der Waals surface area contributed by atoms with Gasteiger partial charge in [-0.1, -0.05) is 24.3 Å². The molecule has 9 heteroatoms. The first kappa shape index (κ1) is 20.0. The van der Waals surface area contributed by atoms with Crippen LogP contribution in [0.25, 0.3) is 10.8 Å². The molecule has 2 saturated heterocycles. The number of hydrogen-bond acceptors (Lipinski definition) is 7. The molecule has 1 amide bonds. The lowest BCUT2D eigenvalue weighted by molar-refractivity contribution is 0.0695. The van der Waals surface area contributed by atoms with Crippen molar-refractivity contribution < 1.29 is 9.53 Å². The first-order valence-corrected chi connectivity index (χ1v) is 10.9. The van der Waals surface area contributed by atoms with Gasteiger partial charge in [-0.25, -0.2) is 4.68 Å². The molecule has 4 heterocycles. The van der Waals surface area contributed by atoms with Crippen molar-refractivity contribution in [2.75, 3.05) is 39.9 Å². The highest BCUT2D eigenvalue weighted by Crippen LogP contribution is 2.39. The number of pyridine rings is 1. The van der Waals surface area contributed by atoms with Crippen molar-refractivity contribution in [1.29, 1.82) is 0 Å². The highest BCUT2D eigenvalue weighted by Gasteiger charge is 2.50. The molecular weight excluding hydrogens is 394 g/mol. The van der Waals surface area contributed by atoms with Crippen LogP contribution in [0.1, 0.15) is 35.6 Å². The minimum Gasteiger partial charge on any atom is -0.383 e. The highest BCUT2D eigenvalue weighted by molar-refractivity contribution is 6.05. The molecule has 1 atom stereocenters. The van der Waals surface area contributed by atoms with Gasteiger partial charge in [0.2, 0.25) is 0 Å². The summed E-state index contributed by atoms with van der Waals surface area (Å²) < 4.78 is 7.09. The van der Waals surface area contributed by atoms with E-state index in [4.69, 9.17) is 4.74 Å². The number of hydrogen-bond donors (Lipinski definition) is 0. The van der Waals surface area contributed by atoms with E-state index < -0.39 is 0 Å². The van der Waals surface area contributed by atoms with E-state index in [2.05, 4.69) is 25.4 Å². The number of rotatable bonds is 6. The monoisotopic (exact) mass is 421 g/mol. The molecule has 162 valence electrons. The molecule has 5 rings (SSSR count). The summed E-state index contributed by atoms with van der Waals surface area (Å²) in [5.74, 6) is 0.793. The number of fused-ring (bicyclic) bond motifs is 1. The Morgan fingerprint density at radius 1 is 1.16 bits per heavy atom. The molecule has 9 nitrogen and oxygen atoms in total. The number of methoxy groups -OCH3 is 1. The van der Waals surface area contributed by atoms with Crippen molar-refractivity contribution in [2.24, 2.45) is 0 Å². The summed E-state index contributed by atoms with van der Waals surface area (Å²) in [6.07, 6.45) is 4.82. The van der Waals surface area contributed by atoms with Gasteiger partial charge in [0, 0.05) is 31.8 Å². The number of nitrogens with zero attached hydrogens (tertiary/aromatic N) is 7. The summed E-state index contributed by atoms with van der Waals surface area (Å²) in [7, 11) is 1.67. The Hall–Kier alpha value is -2.91. The normalized spacial score (nSPS) is 21.9. The number of amides is 1. The molecule has 3 aromatic rings. The van der Waals surface area contributed by atoms with Crippen LogP contribution in [0, 0.1) is 0 Å². The van der Waals surface area contributed by atoms with E-state index in [1.54, 1.807) is 13.3 Å². The van der Waals surface area contributed by atoms with Gasteiger partial charge in [0.25, 0.3) is 5.91 Å². The smallest absolute Gasteiger partial charge is 0.273 e. The van der Waals surface area contributed by atoms with Crippen molar-refractivity contribution in [2.45, 2.75) is 31.3 Å².